The van der Waals surface area contributed by atoms with Crippen molar-refractivity contribution in [1.29, 1.82) is 0 Å². The molecule has 1 aromatic carbocycles. The molecule has 0 amide bonds. The average Bonchev–Trinajstić information content (AvgIpc) is 3.30. The van der Waals surface area contributed by atoms with Crippen molar-refractivity contribution in [2.24, 2.45) is 5.92 Å². The van der Waals surface area contributed by atoms with Crippen molar-refractivity contribution < 1.29 is 4.39 Å². The number of piperidine rings is 1. The normalized spacial score (nSPS) is 22.1. The Morgan fingerprint density at radius 1 is 1.15 bits per heavy atom. The molecule has 2 fully saturated rings. The van der Waals surface area contributed by atoms with E-state index < -0.39 is 0 Å². The topological polar surface area (TPSA) is 15.3 Å². The van der Waals surface area contributed by atoms with Crippen molar-refractivity contribution in [2.45, 2.75) is 44.7 Å². The Morgan fingerprint density at radius 3 is 2.40 bits per heavy atom. The lowest BCUT2D eigenvalue weighted by Crippen LogP contribution is -2.38. The van der Waals surface area contributed by atoms with Gasteiger partial charge < -0.3 is 5.32 Å². The third-order valence-corrected chi connectivity index (χ3v) is 4.79. The van der Waals surface area contributed by atoms with E-state index in [9.17, 15) is 4.39 Å². The summed E-state index contributed by atoms with van der Waals surface area (Å²) in [6.07, 6.45) is 5.24. The van der Waals surface area contributed by atoms with Crippen LogP contribution in [0.15, 0.2) is 24.3 Å². The first kappa shape index (κ1) is 14.0. The fourth-order valence-electron chi connectivity index (χ4n) is 3.32. The Balaban J connectivity index is 1.67. The minimum absolute atomic E-state index is 0.141. The molecule has 1 saturated heterocycles. The molecule has 2 aliphatic rings. The Labute approximate surface area is 121 Å². The van der Waals surface area contributed by atoms with Gasteiger partial charge in [0.25, 0.3) is 0 Å². The number of nitrogens with one attached hydrogen (secondary N) is 1. The van der Waals surface area contributed by atoms with Crippen molar-refractivity contribution >= 4 is 0 Å². The van der Waals surface area contributed by atoms with Crippen LogP contribution >= 0.6 is 0 Å². The van der Waals surface area contributed by atoms with Gasteiger partial charge in [-0.3, -0.25) is 4.90 Å². The van der Waals surface area contributed by atoms with Gasteiger partial charge in [-0.15, -0.1) is 0 Å². The standard InChI is InChI=1S/C17H25FN2/c1-13(15-2-4-16(18)5-3-15)20(17-6-7-17)12-14-8-10-19-11-9-14/h2-5,13-14,17,19H,6-12H2,1H3. The van der Waals surface area contributed by atoms with E-state index in [0.29, 0.717) is 6.04 Å². The fraction of sp³-hybridized carbons (Fsp3) is 0.647. The van der Waals surface area contributed by atoms with Gasteiger partial charge in [0, 0.05) is 18.6 Å². The van der Waals surface area contributed by atoms with Crippen LogP contribution in [0.4, 0.5) is 4.39 Å². The van der Waals surface area contributed by atoms with E-state index in [4.69, 9.17) is 0 Å². The van der Waals surface area contributed by atoms with Crippen LogP contribution in [0.25, 0.3) is 0 Å². The molecule has 110 valence electrons. The molecule has 1 N–H and O–H groups in total. The lowest BCUT2D eigenvalue weighted by Gasteiger charge is -2.34. The zero-order valence-electron chi connectivity index (χ0n) is 12.3. The van der Waals surface area contributed by atoms with Gasteiger partial charge >= 0.3 is 0 Å². The second-order valence-corrected chi connectivity index (χ2v) is 6.35. The molecule has 20 heavy (non-hydrogen) atoms. The van der Waals surface area contributed by atoms with Crippen LogP contribution in [0.1, 0.15) is 44.2 Å². The fourth-order valence-corrected chi connectivity index (χ4v) is 3.32. The molecule has 1 aliphatic heterocycles. The van der Waals surface area contributed by atoms with Crippen LogP contribution in [0.2, 0.25) is 0 Å². The minimum atomic E-state index is -0.141. The van der Waals surface area contributed by atoms with Gasteiger partial charge in [-0.2, -0.15) is 0 Å². The summed E-state index contributed by atoms with van der Waals surface area (Å²) in [4.78, 5) is 2.66. The third kappa shape index (κ3) is 3.39. The van der Waals surface area contributed by atoms with E-state index in [1.165, 1.54) is 37.8 Å². The predicted octanol–water partition coefficient (Wildman–Crippen LogP) is 3.35. The molecular formula is C17H25FN2. The third-order valence-electron chi connectivity index (χ3n) is 4.79. The smallest absolute Gasteiger partial charge is 0.123 e. The highest BCUT2D eigenvalue weighted by atomic mass is 19.1. The summed E-state index contributed by atoms with van der Waals surface area (Å²) in [5.41, 5.74) is 1.24. The van der Waals surface area contributed by atoms with E-state index in [1.54, 1.807) is 12.1 Å². The SMILES string of the molecule is CC(c1ccc(F)cc1)N(CC1CCNCC1)C1CC1. The summed E-state index contributed by atoms with van der Waals surface area (Å²) in [5.74, 6) is 0.678. The number of rotatable bonds is 5. The molecule has 1 saturated carbocycles. The molecule has 3 rings (SSSR count). The predicted molar refractivity (Wildman–Crippen MR) is 80.1 cm³/mol. The zero-order valence-corrected chi connectivity index (χ0v) is 12.3. The number of hydrogen-bond acceptors (Lipinski definition) is 2. The molecule has 1 heterocycles. The summed E-state index contributed by atoms with van der Waals surface area (Å²) < 4.78 is 13.1. The molecular weight excluding hydrogens is 251 g/mol. The highest BCUT2D eigenvalue weighted by Gasteiger charge is 2.34. The first-order chi connectivity index (χ1) is 9.74. The second kappa shape index (κ2) is 6.23. The molecule has 0 spiro atoms. The van der Waals surface area contributed by atoms with Gasteiger partial charge in [0.15, 0.2) is 0 Å². The Kier molecular flexibility index (Phi) is 4.37. The Bertz CT molecular complexity index is 421. The molecule has 0 aromatic heterocycles. The van der Waals surface area contributed by atoms with Crippen LogP contribution < -0.4 is 5.32 Å². The number of nitrogens with zero attached hydrogens (tertiary/aromatic N) is 1. The van der Waals surface area contributed by atoms with Crippen LogP contribution in [0, 0.1) is 11.7 Å². The van der Waals surface area contributed by atoms with E-state index in [0.717, 1.165) is 25.0 Å². The van der Waals surface area contributed by atoms with E-state index >= 15 is 0 Å². The number of benzene rings is 1. The van der Waals surface area contributed by atoms with Gasteiger partial charge in [0.05, 0.1) is 0 Å². The first-order valence-electron chi connectivity index (χ1n) is 7.96. The number of hydrogen-bond donors (Lipinski definition) is 1. The molecule has 0 bridgehead atoms. The molecule has 2 nitrogen and oxygen atoms in total. The minimum Gasteiger partial charge on any atom is -0.317 e. The van der Waals surface area contributed by atoms with Gasteiger partial charge in [-0.25, -0.2) is 4.39 Å². The van der Waals surface area contributed by atoms with Crippen LogP contribution in [0.5, 0.6) is 0 Å². The highest BCUT2D eigenvalue weighted by molar-refractivity contribution is 5.20. The largest absolute Gasteiger partial charge is 0.317 e. The zero-order chi connectivity index (χ0) is 13.9. The molecule has 1 unspecified atom stereocenters. The second-order valence-electron chi connectivity index (χ2n) is 6.35. The summed E-state index contributed by atoms with van der Waals surface area (Å²) >= 11 is 0. The lowest BCUT2D eigenvalue weighted by atomic mass is 9.96. The maximum atomic E-state index is 13.1. The molecule has 1 atom stereocenters. The van der Waals surface area contributed by atoms with Gasteiger partial charge in [-0.05, 0) is 69.3 Å². The van der Waals surface area contributed by atoms with Crippen LogP contribution in [-0.2, 0) is 0 Å². The Hall–Kier alpha value is -0.930. The quantitative estimate of drug-likeness (QED) is 0.887. The summed E-state index contributed by atoms with van der Waals surface area (Å²) in [7, 11) is 0. The van der Waals surface area contributed by atoms with Crippen LogP contribution in [-0.4, -0.2) is 30.6 Å². The molecule has 1 aliphatic carbocycles. The van der Waals surface area contributed by atoms with Crippen LogP contribution in [0.3, 0.4) is 0 Å². The lowest BCUT2D eigenvalue weighted by molar-refractivity contribution is 0.152. The molecule has 1 aromatic rings. The van der Waals surface area contributed by atoms with Crippen molar-refractivity contribution in [1.82, 2.24) is 10.2 Å². The maximum Gasteiger partial charge on any atom is 0.123 e. The molecule has 3 heteroatoms. The van der Waals surface area contributed by atoms with Gasteiger partial charge in [0.1, 0.15) is 5.82 Å². The van der Waals surface area contributed by atoms with Crippen molar-refractivity contribution in [3.8, 4) is 0 Å². The van der Waals surface area contributed by atoms with E-state index in [1.807, 2.05) is 12.1 Å². The summed E-state index contributed by atoms with van der Waals surface area (Å²) in [5, 5.41) is 3.44. The van der Waals surface area contributed by atoms with Crippen molar-refractivity contribution in [3.63, 3.8) is 0 Å². The first-order valence-corrected chi connectivity index (χ1v) is 7.96. The Morgan fingerprint density at radius 2 is 1.80 bits per heavy atom. The van der Waals surface area contributed by atoms with E-state index in [-0.39, 0.29) is 5.82 Å². The monoisotopic (exact) mass is 276 g/mol. The summed E-state index contributed by atoms with van der Waals surface area (Å²) in [6.45, 7) is 5.79. The van der Waals surface area contributed by atoms with Gasteiger partial charge in [0.2, 0.25) is 0 Å². The van der Waals surface area contributed by atoms with Gasteiger partial charge in [-0.1, -0.05) is 12.1 Å². The van der Waals surface area contributed by atoms with Crippen molar-refractivity contribution in [3.05, 3.63) is 35.6 Å². The molecule has 0 radical (unpaired) electrons. The maximum absolute atomic E-state index is 13.1. The highest BCUT2D eigenvalue weighted by Crippen LogP contribution is 2.35. The van der Waals surface area contributed by atoms with Crippen molar-refractivity contribution in [2.75, 3.05) is 19.6 Å². The summed E-state index contributed by atoms with van der Waals surface area (Å²) in [6, 6.07) is 8.21. The number of halogens is 1. The van der Waals surface area contributed by atoms with E-state index in [2.05, 4.69) is 17.1 Å². The average molecular weight is 276 g/mol.